The van der Waals surface area contributed by atoms with E-state index in [1.54, 1.807) is 12.5 Å². The summed E-state index contributed by atoms with van der Waals surface area (Å²) in [6, 6.07) is 34.3. The third-order valence-electron chi connectivity index (χ3n) is 6.28. The number of benzene rings is 4. The Kier molecular flexibility index (Phi) is 3.52. The van der Waals surface area contributed by atoms with Crippen molar-refractivity contribution in [1.82, 2.24) is 19.1 Å². The largest absolute Gasteiger partial charge is 0.309 e. The molecule has 0 aliphatic carbocycles. The van der Waals surface area contributed by atoms with Gasteiger partial charge in [0.2, 0.25) is 0 Å². The van der Waals surface area contributed by atoms with Gasteiger partial charge in [0.25, 0.3) is 0 Å². The summed E-state index contributed by atoms with van der Waals surface area (Å²) in [4.78, 5) is 8.68. The lowest BCUT2D eigenvalue weighted by Gasteiger charge is -2.08. The van der Waals surface area contributed by atoms with Crippen LogP contribution in [0, 0.1) is 0 Å². The Labute approximate surface area is 184 Å². The molecule has 7 rings (SSSR count). The Morgan fingerprint density at radius 1 is 0.500 bits per heavy atom. The monoisotopic (exact) mass is 410 g/mol. The lowest BCUT2D eigenvalue weighted by molar-refractivity contribution is 1.04. The average molecular weight is 410 g/mol. The van der Waals surface area contributed by atoms with Gasteiger partial charge < -0.3 is 4.57 Å². The SMILES string of the molecule is c1ccc(-n2c3ccccc3c3cc4c(cc32)c2ccccc2n4-c2ccncn2)cc1. The molecule has 0 unspecified atom stereocenters. The molecule has 32 heavy (non-hydrogen) atoms. The number of aromatic nitrogens is 4. The minimum absolute atomic E-state index is 0.873. The molecule has 0 aliphatic heterocycles. The number of hydrogen-bond acceptors (Lipinski definition) is 2. The van der Waals surface area contributed by atoms with E-state index in [2.05, 4.69) is 110 Å². The van der Waals surface area contributed by atoms with E-state index >= 15 is 0 Å². The zero-order chi connectivity index (χ0) is 21.1. The fraction of sp³-hybridized carbons (Fsp3) is 0. The Balaban J connectivity index is 1.71. The highest BCUT2D eigenvalue weighted by atomic mass is 15.1. The molecule has 0 aliphatic rings. The van der Waals surface area contributed by atoms with E-state index in [0.717, 1.165) is 22.5 Å². The van der Waals surface area contributed by atoms with Crippen LogP contribution in [0.3, 0.4) is 0 Å². The van der Waals surface area contributed by atoms with E-state index in [9.17, 15) is 0 Å². The number of para-hydroxylation sites is 3. The van der Waals surface area contributed by atoms with Crippen molar-refractivity contribution in [3.05, 3.63) is 110 Å². The first-order chi connectivity index (χ1) is 15.9. The molecule has 0 radical (unpaired) electrons. The molecule has 0 saturated carbocycles. The summed E-state index contributed by atoms with van der Waals surface area (Å²) in [7, 11) is 0. The van der Waals surface area contributed by atoms with Crippen LogP contribution in [-0.2, 0) is 0 Å². The molecule has 3 aromatic heterocycles. The summed E-state index contributed by atoms with van der Waals surface area (Å²) in [6.45, 7) is 0. The highest BCUT2D eigenvalue weighted by Crippen LogP contribution is 2.39. The fourth-order valence-electron chi connectivity index (χ4n) is 4.95. The van der Waals surface area contributed by atoms with Crippen molar-refractivity contribution in [1.29, 1.82) is 0 Å². The minimum Gasteiger partial charge on any atom is -0.309 e. The Morgan fingerprint density at radius 3 is 1.75 bits per heavy atom. The maximum absolute atomic E-state index is 4.56. The van der Waals surface area contributed by atoms with Gasteiger partial charge in [0, 0.05) is 33.4 Å². The quantitative estimate of drug-likeness (QED) is 0.319. The molecule has 0 spiro atoms. The van der Waals surface area contributed by atoms with Crippen LogP contribution in [0.1, 0.15) is 0 Å². The smallest absolute Gasteiger partial charge is 0.140 e. The van der Waals surface area contributed by atoms with E-state index in [1.165, 1.54) is 32.6 Å². The maximum atomic E-state index is 4.56. The van der Waals surface area contributed by atoms with Crippen LogP contribution in [0.15, 0.2) is 110 Å². The summed E-state index contributed by atoms with van der Waals surface area (Å²) < 4.78 is 4.60. The topological polar surface area (TPSA) is 35.6 Å². The predicted octanol–water partition coefficient (Wildman–Crippen LogP) is 6.67. The molecule has 4 aromatic carbocycles. The van der Waals surface area contributed by atoms with Crippen molar-refractivity contribution in [3.63, 3.8) is 0 Å². The van der Waals surface area contributed by atoms with Crippen molar-refractivity contribution < 1.29 is 0 Å². The Bertz CT molecular complexity index is 1630. The molecule has 4 heteroatoms. The van der Waals surface area contributed by atoms with Crippen LogP contribution < -0.4 is 0 Å². The molecule has 4 nitrogen and oxygen atoms in total. The Morgan fingerprint density at radius 2 is 1.09 bits per heavy atom. The maximum Gasteiger partial charge on any atom is 0.140 e. The van der Waals surface area contributed by atoms with Gasteiger partial charge in [-0.05, 0) is 42.5 Å². The lowest BCUT2D eigenvalue weighted by Crippen LogP contribution is -1.97. The van der Waals surface area contributed by atoms with Gasteiger partial charge in [-0.15, -0.1) is 0 Å². The van der Waals surface area contributed by atoms with Gasteiger partial charge in [0.15, 0.2) is 0 Å². The highest BCUT2D eigenvalue weighted by Gasteiger charge is 2.18. The fourth-order valence-corrected chi connectivity index (χ4v) is 4.95. The molecule has 0 amide bonds. The Hall–Kier alpha value is -4.44. The van der Waals surface area contributed by atoms with E-state index in [4.69, 9.17) is 0 Å². The van der Waals surface area contributed by atoms with Gasteiger partial charge in [0.05, 0.1) is 22.1 Å². The second-order valence-electron chi connectivity index (χ2n) is 7.99. The van der Waals surface area contributed by atoms with Gasteiger partial charge in [-0.1, -0.05) is 54.6 Å². The number of hydrogen-bond donors (Lipinski definition) is 0. The highest BCUT2D eigenvalue weighted by molar-refractivity contribution is 6.18. The molecule has 0 bridgehead atoms. The summed E-state index contributed by atoms with van der Waals surface area (Å²) in [6.07, 6.45) is 3.40. The molecular weight excluding hydrogens is 392 g/mol. The standard InChI is InChI=1S/C28H18N4/c1-2-8-19(9-3-1)31-24-12-6-4-10-20(24)22-17-27-23(16-26(22)31)21-11-5-7-13-25(21)32(27)28-14-15-29-18-30-28/h1-18H. The first-order valence-corrected chi connectivity index (χ1v) is 10.7. The van der Waals surface area contributed by atoms with Crippen LogP contribution >= 0.6 is 0 Å². The summed E-state index contributed by atoms with van der Waals surface area (Å²) in [5, 5.41) is 4.90. The third kappa shape index (κ3) is 2.32. The molecule has 0 saturated heterocycles. The number of nitrogens with zero attached hydrogens (tertiary/aromatic N) is 4. The van der Waals surface area contributed by atoms with Crippen molar-refractivity contribution in [2.45, 2.75) is 0 Å². The van der Waals surface area contributed by atoms with Crippen LogP contribution in [0.5, 0.6) is 0 Å². The van der Waals surface area contributed by atoms with Crippen LogP contribution in [0.25, 0.3) is 55.1 Å². The van der Waals surface area contributed by atoms with E-state index < -0.39 is 0 Å². The summed E-state index contributed by atoms with van der Waals surface area (Å²) in [5.41, 5.74) is 5.87. The average Bonchev–Trinajstić information content (AvgIpc) is 3.36. The lowest BCUT2D eigenvalue weighted by atomic mass is 10.1. The van der Waals surface area contributed by atoms with Gasteiger partial charge in [-0.3, -0.25) is 4.57 Å². The molecule has 0 fully saturated rings. The van der Waals surface area contributed by atoms with Gasteiger partial charge >= 0.3 is 0 Å². The van der Waals surface area contributed by atoms with Crippen LogP contribution in [0.2, 0.25) is 0 Å². The van der Waals surface area contributed by atoms with Gasteiger partial charge in [0.1, 0.15) is 12.1 Å². The molecule has 7 aromatic rings. The van der Waals surface area contributed by atoms with E-state index in [-0.39, 0.29) is 0 Å². The first-order valence-electron chi connectivity index (χ1n) is 10.7. The number of fused-ring (bicyclic) bond motifs is 6. The van der Waals surface area contributed by atoms with Crippen molar-refractivity contribution in [2.24, 2.45) is 0 Å². The van der Waals surface area contributed by atoms with E-state index in [1.807, 2.05) is 6.07 Å². The van der Waals surface area contributed by atoms with Crippen LogP contribution in [0.4, 0.5) is 0 Å². The van der Waals surface area contributed by atoms with Crippen LogP contribution in [-0.4, -0.2) is 19.1 Å². The second-order valence-corrected chi connectivity index (χ2v) is 7.99. The van der Waals surface area contributed by atoms with Gasteiger partial charge in [-0.25, -0.2) is 9.97 Å². The van der Waals surface area contributed by atoms with Crippen molar-refractivity contribution in [2.75, 3.05) is 0 Å². The summed E-state index contributed by atoms with van der Waals surface area (Å²) >= 11 is 0. The molecular formula is C28H18N4. The normalized spacial score (nSPS) is 11.8. The molecule has 3 heterocycles. The third-order valence-corrected chi connectivity index (χ3v) is 6.28. The number of rotatable bonds is 2. The molecule has 0 N–H and O–H groups in total. The zero-order valence-corrected chi connectivity index (χ0v) is 17.2. The van der Waals surface area contributed by atoms with E-state index in [0.29, 0.717) is 0 Å². The van der Waals surface area contributed by atoms with Gasteiger partial charge in [-0.2, -0.15) is 0 Å². The minimum atomic E-state index is 0.873. The molecule has 150 valence electrons. The zero-order valence-electron chi connectivity index (χ0n) is 17.2. The molecule has 0 atom stereocenters. The van der Waals surface area contributed by atoms with Crippen molar-refractivity contribution >= 4 is 43.6 Å². The first kappa shape index (κ1) is 17.3. The predicted molar refractivity (Wildman–Crippen MR) is 131 cm³/mol. The summed E-state index contributed by atoms with van der Waals surface area (Å²) in [5.74, 6) is 0.873. The van der Waals surface area contributed by atoms with Crippen molar-refractivity contribution in [3.8, 4) is 11.5 Å². The second kappa shape index (κ2) is 6.53.